The second-order valence-electron chi connectivity index (χ2n) is 6.00. The number of esters is 1. The Morgan fingerprint density at radius 2 is 1.60 bits per heavy atom. The third kappa shape index (κ3) is 5.73. The molecule has 2 aromatic carbocycles. The van der Waals surface area contributed by atoms with Crippen molar-refractivity contribution in [3.63, 3.8) is 0 Å². The monoisotopic (exact) mass is 435 g/mol. The fourth-order valence-corrected chi connectivity index (χ4v) is 3.61. The number of ether oxygens (including phenoxy) is 4. The molecular weight excluding hydrogens is 410 g/mol. The van der Waals surface area contributed by atoms with Crippen LogP contribution in [-0.2, 0) is 26.9 Å². The average molecular weight is 435 g/mol. The van der Waals surface area contributed by atoms with Crippen LogP contribution in [0.4, 0.5) is 0 Å². The number of hydrogen-bond acceptors (Lipinski definition) is 7. The van der Waals surface area contributed by atoms with Crippen LogP contribution in [0.2, 0.25) is 0 Å². The van der Waals surface area contributed by atoms with Gasteiger partial charge in [-0.25, -0.2) is 4.79 Å². The van der Waals surface area contributed by atoms with E-state index in [-0.39, 0.29) is 12.1 Å². The molecule has 0 aliphatic carbocycles. The van der Waals surface area contributed by atoms with E-state index in [9.17, 15) is 13.8 Å². The molecule has 8 nitrogen and oxygen atoms in total. The second-order valence-corrected chi connectivity index (χ2v) is 7.71. The lowest BCUT2D eigenvalue weighted by Gasteiger charge is -2.14. The van der Waals surface area contributed by atoms with Gasteiger partial charge in [-0.05, 0) is 18.2 Å². The molecule has 2 rings (SSSR count). The Morgan fingerprint density at radius 1 is 0.967 bits per heavy atom. The first-order valence-corrected chi connectivity index (χ1v) is 10.5. The van der Waals surface area contributed by atoms with Gasteiger partial charge in [-0.1, -0.05) is 19.1 Å². The van der Waals surface area contributed by atoms with Crippen molar-refractivity contribution in [3.05, 3.63) is 47.5 Å². The zero-order chi connectivity index (χ0) is 22.1. The summed E-state index contributed by atoms with van der Waals surface area (Å²) in [5.41, 5.74) is 0.852. The lowest BCUT2D eigenvalue weighted by Crippen LogP contribution is -2.28. The summed E-state index contributed by atoms with van der Waals surface area (Å²) in [6.45, 7) is 1.42. The summed E-state index contributed by atoms with van der Waals surface area (Å²) >= 11 is 0. The molecule has 0 aliphatic heterocycles. The van der Waals surface area contributed by atoms with Gasteiger partial charge in [-0.3, -0.25) is 9.00 Å². The molecule has 0 aromatic heterocycles. The van der Waals surface area contributed by atoms with E-state index in [1.807, 2.05) is 0 Å². The number of amides is 1. The van der Waals surface area contributed by atoms with Crippen molar-refractivity contribution < 1.29 is 32.7 Å². The zero-order valence-corrected chi connectivity index (χ0v) is 18.2. The summed E-state index contributed by atoms with van der Waals surface area (Å²) in [5, 5.41) is 2.67. The molecule has 2 aromatic rings. The van der Waals surface area contributed by atoms with Gasteiger partial charge in [0.2, 0.25) is 0 Å². The van der Waals surface area contributed by atoms with Gasteiger partial charge in [-0.2, -0.15) is 0 Å². The van der Waals surface area contributed by atoms with Crippen LogP contribution in [0.5, 0.6) is 17.2 Å². The van der Waals surface area contributed by atoms with Gasteiger partial charge in [0.25, 0.3) is 5.91 Å². The summed E-state index contributed by atoms with van der Waals surface area (Å²) in [6, 6.07) is 9.84. The molecule has 0 saturated heterocycles. The summed E-state index contributed by atoms with van der Waals surface area (Å²) in [6.07, 6.45) is 0. The minimum atomic E-state index is -1.31. The molecule has 0 saturated carbocycles. The second kappa shape index (κ2) is 11.2. The maximum Gasteiger partial charge on any atom is 0.339 e. The third-order valence-electron chi connectivity index (χ3n) is 4.21. The molecule has 0 fully saturated rings. The number of nitrogens with one attached hydrogen (secondary N) is 1. The molecule has 0 heterocycles. The maximum atomic E-state index is 12.3. The van der Waals surface area contributed by atoms with E-state index in [4.69, 9.17) is 18.9 Å². The molecule has 30 heavy (non-hydrogen) atoms. The minimum absolute atomic E-state index is 0.135. The normalized spacial score (nSPS) is 11.3. The van der Waals surface area contributed by atoms with E-state index in [1.165, 1.54) is 27.4 Å². The third-order valence-corrected chi connectivity index (χ3v) is 5.58. The van der Waals surface area contributed by atoms with Gasteiger partial charge < -0.3 is 24.3 Å². The minimum Gasteiger partial charge on any atom is -0.496 e. The standard InChI is InChI=1S/C21H25NO7S/c1-5-30(25)19-9-7-6-8-15(19)21(24)29-13-20(23)22-12-14-10-17(27-3)18(28-4)11-16(14)26-2/h6-11H,5,12-13H2,1-4H3,(H,22,23). The van der Waals surface area contributed by atoms with Crippen molar-refractivity contribution in [2.75, 3.05) is 33.7 Å². The van der Waals surface area contributed by atoms with Gasteiger partial charge in [0, 0.05) is 23.9 Å². The van der Waals surface area contributed by atoms with Crippen molar-refractivity contribution in [2.45, 2.75) is 18.4 Å². The Hall–Kier alpha value is -3.07. The fraction of sp³-hybridized carbons (Fsp3) is 0.333. The zero-order valence-electron chi connectivity index (χ0n) is 17.4. The van der Waals surface area contributed by atoms with Crippen LogP contribution in [0.1, 0.15) is 22.8 Å². The molecule has 0 spiro atoms. The molecule has 1 atom stereocenters. The van der Waals surface area contributed by atoms with Gasteiger partial charge in [-0.15, -0.1) is 0 Å². The van der Waals surface area contributed by atoms with Gasteiger partial charge in [0.1, 0.15) is 5.75 Å². The first kappa shape index (κ1) is 23.2. The Kier molecular flexibility index (Phi) is 8.67. The summed E-state index contributed by atoms with van der Waals surface area (Å²) in [5.74, 6) is 0.690. The molecule has 1 N–H and O–H groups in total. The van der Waals surface area contributed by atoms with Crippen molar-refractivity contribution in [1.82, 2.24) is 5.32 Å². The lowest BCUT2D eigenvalue weighted by molar-refractivity contribution is -0.124. The van der Waals surface area contributed by atoms with Gasteiger partial charge >= 0.3 is 5.97 Å². The van der Waals surface area contributed by atoms with Crippen LogP contribution < -0.4 is 19.5 Å². The average Bonchev–Trinajstić information content (AvgIpc) is 2.79. The summed E-state index contributed by atoms with van der Waals surface area (Å²) in [4.78, 5) is 24.9. The van der Waals surface area contributed by atoms with E-state index in [0.717, 1.165) is 0 Å². The highest BCUT2D eigenvalue weighted by atomic mass is 32.2. The Labute approximate surface area is 177 Å². The number of rotatable bonds is 10. The van der Waals surface area contributed by atoms with Gasteiger partial charge in [0.05, 0.1) is 42.6 Å². The van der Waals surface area contributed by atoms with Crippen LogP contribution >= 0.6 is 0 Å². The number of carbonyl (C=O) groups excluding carboxylic acids is 2. The van der Waals surface area contributed by atoms with Crippen LogP contribution in [0.15, 0.2) is 41.3 Å². The summed E-state index contributed by atoms with van der Waals surface area (Å²) in [7, 11) is 3.22. The van der Waals surface area contributed by atoms with Crippen molar-refractivity contribution in [3.8, 4) is 17.2 Å². The number of benzene rings is 2. The quantitative estimate of drug-likeness (QED) is 0.572. The molecule has 0 bridgehead atoms. The van der Waals surface area contributed by atoms with Crippen LogP contribution in [-0.4, -0.2) is 49.8 Å². The Balaban J connectivity index is 1.99. The topological polar surface area (TPSA) is 100 Å². The predicted molar refractivity (Wildman–Crippen MR) is 112 cm³/mol. The molecule has 0 radical (unpaired) electrons. The number of methoxy groups -OCH3 is 3. The predicted octanol–water partition coefficient (Wildman–Crippen LogP) is 2.31. The highest BCUT2D eigenvalue weighted by Crippen LogP contribution is 2.34. The van der Waals surface area contributed by atoms with Crippen LogP contribution in [0.3, 0.4) is 0 Å². The molecule has 9 heteroatoms. The van der Waals surface area contributed by atoms with E-state index in [2.05, 4.69) is 5.32 Å². The highest BCUT2D eigenvalue weighted by Gasteiger charge is 2.18. The SMILES string of the molecule is CCS(=O)c1ccccc1C(=O)OCC(=O)NCc1cc(OC)c(OC)cc1OC. The van der Waals surface area contributed by atoms with E-state index >= 15 is 0 Å². The molecule has 0 aliphatic rings. The Bertz CT molecular complexity index is 930. The van der Waals surface area contributed by atoms with E-state index in [1.54, 1.807) is 37.3 Å². The summed E-state index contributed by atoms with van der Waals surface area (Å²) < 4.78 is 33.0. The first-order chi connectivity index (χ1) is 14.4. The number of hydrogen-bond donors (Lipinski definition) is 1. The van der Waals surface area contributed by atoms with E-state index < -0.39 is 29.3 Å². The van der Waals surface area contributed by atoms with Crippen molar-refractivity contribution >= 4 is 22.7 Å². The van der Waals surface area contributed by atoms with Crippen LogP contribution in [0.25, 0.3) is 0 Å². The van der Waals surface area contributed by atoms with Crippen molar-refractivity contribution in [2.24, 2.45) is 0 Å². The van der Waals surface area contributed by atoms with Crippen LogP contribution in [0, 0.1) is 0 Å². The van der Waals surface area contributed by atoms with Gasteiger partial charge in [0.15, 0.2) is 18.1 Å². The number of carbonyl (C=O) groups is 2. The molecular formula is C21H25NO7S. The first-order valence-electron chi connectivity index (χ1n) is 9.15. The molecule has 162 valence electrons. The molecule has 1 amide bonds. The largest absolute Gasteiger partial charge is 0.496 e. The van der Waals surface area contributed by atoms with Crippen molar-refractivity contribution in [1.29, 1.82) is 0 Å². The lowest BCUT2D eigenvalue weighted by atomic mass is 10.1. The maximum absolute atomic E-state index is 12.3. The Morgan fingerprint density at radius 3 is 2.23 bits per heavy atom. The smallest absolute Gasteiger partial charge is 0.339 e. The highest BCUT2D eigenvalue weighted by molar-refractivity contribution is 7.85. The molecule has 1 unspecified atom stereocenters. The fourth-order valence-electron chi connectivity index (χ4n) is 2.67. The van der Waals surface area contributed by atoms with E-state index in [0.29, 0.717) is 33.5 Å².